The summed E-state index contributed by atoms with van der Waals surface area (Å²) in [6, 6.07) is 1.01. The summed E-state index contributed by atoms with van der Waals surface area (Å²) in [6.45, 7) is 10.9. The van der Waals surface area contributed by atoms with Gasteiger partial charge >= 0.3 is 8.56 Å². The van der Waals surface area contributed by atoms with Crippen molar-refractivity contribution in [2.75, 3.05) is 6.61 Å². The summed E-state index contributed by atoms with van der Waals surface area (Å²) < 4.78 is 11.7. The van der Waals surface area contributed by atoms with Crippen LogP contribution in [0.1, 0.15) is 40.5 Å². The summed E-state index contributed by atoms with van der Waals surface area (Å²) in [5.74, 6) is 0. The number of nitrogens with two attached hydrogens (primary N) is 1. The first kappa shape index (κ1) is 14.1. The van der Waals surface area contributed by atoms with Gasteiger partial charge in [0.1, 0.15) is 5.72 Å². The lowest BCUT2D eigenvalue weighted by atomic mass is 10.2. The zero-order valence-electron chi connectivity index (χ0n) is 10.2. The van der Waals surface area contributed by atoms with Crippen molar-refractivity contribution in [3.8, 4) is 0 Å². The van der Waals surface area contributed by atoms with Crippen LogP contribution in [0.3, 0.4) is 0 Å². The number of hydrogen-bond donors (Lipinski definition) is 1. The standard InChI is InChI=1S/C10H25NO2Si/c1-6-9-14(5,12-8-3)13-10(4,11)7-2/h6-9,11H2,1-5H3. The summed E-state index contributed by atoms with van der Waals surface area (Å²) in [5.41, 5.74) is 5.46. The van der Waals surface area contributed by atoms with Gasteiger partial charge in [0.2, 0.25) is 0 Å². The Hall–Kier alpha value is 0.0969. The van der Waals surface area contributed by atoms with Crippen LogP contribution in [0.4, 0.5) is 0 Å². The van der Waals surface area contributed by atoms with E-state index in [0.717, 1.165) is 18.9 Å². The van der Waals surface area contributed by atoms with Gasteiger partial charge in [0.25, 0.3) is 0 Å². The van der Waals surface area contributed by atoms with Gasteiger partial charge in [-0.1, -0.05) is 20.3 Å². The zero-order valence-corrected chi connectivity index (χ0v) is 11.2. The molecule has 0 heterocycles. The molecule has 0 aliphatic carbocycles. The first-order valence-corrected chi connectivity index (χ1v) is 8.04. The first-order chi connectivity index (χ1) is 6.39. The van der Waals surface area contributed by atoms with Crippen molar-refractivity contribution in [2.24, 2.45) is 5.73 Å². The van der Waals surface area contributed by atoms with Gasteiger partial charge in [0.05, 0.1) is 0 Å². The lowest BCUT2D eigenvalue weighted by Gasteiger charge is -2.35. The molecule has 0 aromatic heterocycles. The third-order valence-corrected chi connectivity index (χ3v) is 5.51. The maximum Gasteiger partial charge on any atom is 0.336 e. The average molecular weight is 219 g/mol. The molecule has 0 fully saturated rings. The van der Waals surface area contributed by atoms with Crippen LogP contribution in [-0.2, 0) is 8.85 Å². The van der Waals surface area contributed by atoms with Crippen LogP contribution in [0.25, 0.3) is 0 Å². The minimum Gasteiger partial charge on any atom is -0.395 e. The minimum absolute atomic E-state index is 0.536. The van der Waals surface area contributed by atoms with Crippen LogP contribution in [0.5, 0.6) is 0 Å². The highest BCUT2D eigenvalue weighted by Crippen LogP contribution is 2.22. The van der Waals surface area contributed by atoms with Crippen molar-refractivity contribution in [1.29, 1.82) is 0 Å². The molecule has 0 radical (unpaired) electrons. The largest absolute Gasteiger partial charge is 0.395 e. The Bertz CT molecular complexity index is 156. The first-order valence-electron chi connectivity index (χ1n) is 5.52. The van der Waals surface area contributed by atoms with Crippen molar-refractivity contribution >= 4 is 8.56 Å². The molecule has 0 aromatic carbocycles. The predicted molar refractivity (Wildman–Crippen MR) is 62.3 cm³/mol. The van der Waals surface area contributed by atoms with Gasteiger partial charge in [-0.15, -0.1) is 0 Å². The fraction of sp³-hybridized carbons (Fsp3) is 1.00. The van der Waals surface area contributed by atoms with Gasteiger partial charge in [-0.2, -0.15) is 0 Å². The number of rotatable bonds is 7. The molecule has 0 rings (SSSR count). The molecule has 0 spiro atoms. The molecule has 0 aromatic rings. The molecule has 2 atom stereocenters. The molecule has 4 heteroatoms. The Balaban J connectivity index is 4.34. The van der Waals surface area contributed by atoms with Gasteiger partial charge in [-0.05, 0) is 32.9 Å². The van der Waals surface area contributed by atoms with Crippen LogP contribution in [-0.4, -0.2) is 20.9 Å². The normalized spacial score (nSPS) is 20.1. The SMILES string of the molecule is CCC[Si](C)(OCC)OC(C)(N)CC. The van der Waals surface area contributed by atoms with E-state index >= 15 is 0 Å². The van der Waals surface area contributed by atoms with E-state index in [-0.39, 0.29) is 0 Å². The Labute approximate surface area is 89.2 Å². The van der Waals surface area contributed by atoms with Crippen LogP contribution in [0.2, 0.25) is 12.6 Å². The quantitative estimate of drug-likeness (QED) is 0.529. The second-order valence-corrected chi connectivity index (χ2v) is 7.35. The molecule has 0 saturated carbocycles. The Morgan fingerprint density at radius 2 is 1.86 bits per heavy atom. The van der Waals surface area contributed by atoms with Gasteiger partial charge < -0.3 is 14.6 Å². The maximum absolute atomic E-state index is 6.00. The topological polar surface area (TPSA) is 44.5 Å². The lowest BCUT2D eigenvalue weighted by Crippen LogP contribution is -2.51. The highest BCUT2D eigenvalue weighted by Gasteiger charge is 2.36. The molecule has 14 heavy (non-hydrogen) atoms. The van der Waals surface area contributed by atoms with E-state index in [1.807, 2.05) is 20.8 Å². The monoisotopic (exact) mass is 219 g/mol. The summed E-state index contributed by atoms with van der Waals surface area (Å²) in [4.78, 5) is 0. The van der Waals surface area contributed by atoms with Crippen molar-refractivity contribution in [2.45, 2.75) is 58.9 Å². The highest BCUT2D eigenvalue weighted by molar-refractivity contribution is 6.66. The number of hydrogen-bond acceptors (Lipinski definition) is 3. The molecule has 0 aliphatic heterocycles. The lowest BCUT2D eigenvalue weighted by molar-refractivity contribution is 0.0396. The molecule has 2 N–H and O–H groups in total. The second kappa shape index (κ2) is 5.85. The summed E-state index contributed by atoms with van der Waals surface area (Å²) in [5, 5.41) is 0. The minimum atomic E-state index is -2.03. The maximum atomic E-state index is 6.00. The Morgan fingerprint density at radius 3 is 2.21 bits per heavy atom. The van der Waals surface area contributed by atoms with Gasteiger partial charge in [-0.3, -0.25) is 0 Å². The Kier molecular flexibility index (Phi) is 5.89. The predicted octanol–water partition coefficient (Wildman–Crippen LogP) is 2.61. The molecule has 0 amide bonds. The molecule has 86 valence electrons. The van der Waals surface area contributed by atoms with E-state index < -0.39 is 14.3 Å². The van der Waals surface area contributed by atoms with Gasteiger partial charge in [-0.25, -0.2) is 0 Å². The van der Waals surface area contributed by atoms with Gasteiger partial charge in [0.15, 0.2) is 0 Å². The molecular formula is C10H25NO2Si. The molecule has 0 saturated heterocycles. The van der Waals surface area contributed by atoms with Gasteiger partial charge in [0, 0.05) is 6.61 Å². The van der Waals surface area contributed by atoms with Crippen molar-refractivity contribution < 1.29 is 8.85 Å². The zero-order chi connectivity index (χ0) is 11.2. The third kappa shape index (κ3) is 5.10. The van der Waals surface area contributed by atoms with E-state index in [4.69, 9.17) is 14.6 Å². The molecular weight excluding hydrogens is 194 g/mol. The molecule has 0 aliphatic rings. The Morgan fingerprint density at radius 1 is 1.29 bits per heavy atom. The second-order valence-electron chi connectivity index (χ2n) is 4.09. The molecule has 3 nitrogen and oxygen atoms in total. The van der Waals surface area contributed by atoms with E-state index in [0.29, 0.717) is 6.61 Å². The van der Waals surface area contributed by atoms with E-state index in [1.165, 1.54) is 0 Å². The summed E-state index contributed by atoms with van der Waals surface area (Å²) >= 11 is 0. The summed E-state index contributed by atoms with van der Waals surface area (Å²) in [7, 11) is -2.03. The van der Waals surface area contributed by atoms with Crippen molar-refractivity contribution in [3.05, 3.63) is 0 Å². The third-order valence-electron chi connectivity index (χ3n) is 2.30. The van der Waals surface area contributed by atoms with Crippen LogP contribution in [0, 0.1) is 0 Å². The van der Waals surface area contributed by atoms with Crippen LogP contribution >= 0.6 is 0 Å². The van der Waals surface area contributed by atoms with E-state index in [1.54, 1.807) is 0 Å². The highest BCUT2D eigenvalue weighted by atomic mass is 28.4. The van der Waals surface area contributed by atoms with Crippen molar-refractivity contribution in [3.63, 3.8) is 0 Å². The molecule has 0 bridgehead atoms. The molecule has 2 unspecified atom stereocenters. The average Bonchev–Trinajstić information content (AvgIpc) is 2.03. The summed E-state index contributed by atoms with van der Waals surface area (Å²) in [6.07, 6.45) is 1.90. The fourth-order valence-electron chi connectivity index (χ4n) is 1.48. The smallest absolute Gasteiger partial charge is 0.336 e. The van der Waals surface area contributed by atoms with Crippen molar-refractivity contribution in [1.82, 2.24) is 0 Å². The fourth-order valence-corrected chi connectivity index (χ4v) is 4.43. The van der Waals surface area contributed by atoms with Crippen LogP contribution < -0.4 is 5.73 Å². The van der Waals surface area contributed by atoms with E-state index in [2.05, 4.69) is 13.5 Å². The van der Waals surface area contributed by atoms with E-state index in [9.17, 15) is 0 Å². The van der Waals surface area contributed by atoms with Crippen LogP contribution in [0.15, 0.2) is 0 Å².